The number of esters is 1. The van der Waals surface area contributed by atoms with E-state index < -0.39 is 23.7 Å². The van der Waals surface area contributed by atoms with E-state index >= 15 is 0 Å². The molecule has 0 unspecified atom stereocenters. The topological polar surface area (TPSA) is 108 Å². The highest BCUT2D eigenvalue weighted by atomic mass is 16.6. The van der Waals surface area contributed by atoms with Gasteiger partial charge in [-0.1, -0.05) is 46.0 Å². The minimum absolute atomic E-state index is 0.0434. The number of aryl methyl sites for hydroxylation is 1. The molecule has 3 heterocycles. The summed E-state index contributed by atoms with van der Waals surface area (Å²) in [6.45, 7) is 6.38. The van der Waals surface area contributed by atoms with Crippen LogP contribution in [-0.2, 0) is 25.5 Å². The lowest BCUT2D eigenvalue weighted by Crippen LogP contribution is -2.48. The summed E-state index contributed by atoms with van der Waals surface area (Å²) in [6.07, 6.45) is 11.0. The molecule has 1 aromatic carbocycles. The van der Waals surface area contributed by atoms with Crippen LogP contribution in [0.15, 0.2) is 18.2 Å². The molecule has 6 rings (SSSR count). The second-order valence-corrected chi connectivity index (χ2v) is 14.2. The Morgan fingerprint density at radius 2 is 1.80 bits per heavy atom. The molecule has 1 amide bonds. The van der Waals surface area contributed by atoms with E-state index in [9.17, 15) is 14.4 Å². The third-order valence-electron chi connectivity index (χ3n) is 11.1. The fourth-order valence-corrected chi connectivity index (χ4v) is 7.98. The van der Waals surface area contributed by atoms with Crippen LogP contribution >= 0.6 is 0 Å². The van der Waals surface area contributed by atoms with Crippen LogP contribution < -0.4 is 9.47 Å². The summed E-state index contributed by atoms with van der Waals surface area (Å²) >= 11 is 0. The highest BCUT2D eigenvalue weighted by molar-refractivity contribution is 5.87. The molecular weight excluding hydrogens is 558 g/mol. The van der Waals surface area contributed by atoms with E-state index in [0.717, 1.165) is 81.7 Å². The van der Waals surface area contributed by atoms with Crippen molar-refractivity contribution in [2.75, 3.05) is 13.7 Å². The Hall–Kier alpha value is -3.23. The molecule has 3 fully saturated rings. The molecule has 2 aliphatic carbocycles. The predicted molar refractivity (Wildman–Crippen MR) is 165 cm³/mol. The maximum atomic E-state index is 14.5. The number of hydrogen-bond donors (Lipinski definition) is 0. The summed E-state index contributed by atoms with van der Waals surface area (Å²) in [4.78, 5) is 52.0. The number of ether oxygens (including phenoxy) is 3. The van der Waals surface area contributed by atoms with Gasteiger partial charge in [0.25, 0.3) is 0 Å². The average molecular weight is 606 g/mol. The van der Waals surface area contributed by atoms with Gasteiger partial charge in [-0.3, -0.25) is 9.59 Å². The van der Waals surface area contributed by atoms with Gasteiger partial charge in [-0.2, -0.15) is 0 Å². The summed E-state index contributed by atoms with van der Waals surface area (Å²) in [5, 5.41) is 0. The zero-order valence-corrected chi connectivity index (χ0v) is 26.7. The van der Waals surface area contributed by atoms with Gasteiger partial charge in [-0.05, 0) is 63.0 Å². The standard InChI is InChI=1S/C35H47N3O6/c1-22-29(21-39)38-20-30(22)43-32-27(36-26-14-13-24(42-4)17-28(26)37-32)12-8-5-7-11-23-19-35(23,3)44-31(40)18-25(33(38)41)34(2)15-9-6-10-16-34/h13-14,17,21-23,25,29-30H,5-12,15-16,18-20H2,1-4H3/t22-,23+,25+,29+,30-,35+/m0/s1. The number of rotatable bonds is 3. The summed E-state index contributed by atoms with van der Waals surface area (Å²) in [5.74, 6) is 0.242. The fourth-order valence-electron chi connectivity index (χ4n) is 7.98. The molecule has 0 radical (unpaired) electrons. The van der Waals surface area contributed by atoms with Crippen molar-refractivity contribution in [1.82, 2.24) is 14.9 Å². The van der Waals surface area contributed by atoms with Gasteiger partial charge in [0.1, 0.15) is 29.4 Å². The van der Waals surface area contributed by atoms with Gasteiger partial charge in [0.05, 0.1) is 43.1 Å². The third-order valence-corrected chi connectivity index (χ3v) is 11.1. The molecule has 9 heteroatoms. The largest absolute Gasteiger partial charge is 0.497 e. The number of carbonyl (C=O) groups excluding carboxylic acids is 3. The molecule has 1 aromatic heterocycles. The lowest BCUT2D eigenvalue weighted by atomic mass is 9.65. The maximum Gasteiger partial charge on any atom is 0.307 e. The molecule has 44 heavy (non-hydrogen) atoms. The minimum atomic E-state index is -0.650. The van der Waals surface area contributed by atoms with E-state index in [-0.39, 0.29) is 36.2 Å². The number of nitrogens with zero attached hydrogens (tertiary/aromatic N) is 3. The molecular formula is C35H47N3O6. The zero-order valence-electron chi connectivity index (χ0n) is 26.7. The van der Waals surface area contributed by atoms with Crippen LogP contribution in [0.2, 0.25) is 0 Å². The summed E-state index contributed by atoms with van der Waals surface area (Å²) in [7, 11) is 1.62. The van der Waals surface area contributed by atoms with E-state index in [4.69, 9.17) is 24.2 Å². The van der Waals surface area contributed by atoms with Gasteiger partial charge < -0.3 is 23.9 Å². The average Bonchev–Trinajstić information content (AvgIpc) is 3.53. The number of methoxy groups -OCH3 is 1. The first-order valence-electron chi connectivity index (χ1n) is 16.6. The predicted octanol–water partition coefficient (Wildman–Crippen LogP) is 5.85. The first-order chi connectivity index (χ1) is 21.1. The SMILES string of the molecule is COc1ccc2nc3c(nc2c1)O[C@H]1CN(C(=O)[C@H](C2(C)CCCCC2)CC(=O)O[C@]2(C)C[C@H]2CCCCC3)[C@H](C=O)[C@@H]1C. The Bertz CT molecular complexity index is 1410. The van der Waals surface area contributed by atoms with Crippen LogP contribution in [0.4, 0.5) is 0 Å². The van der Waals surface area contributed by atoms with Crippen LogP contribution in [0.25, 0.3) is 11.0 Å². The quantitative estimate of drug-likeness (QED) is 0.317. The van der Waals surface area contributed by atoms with Gasteiger partial charge in [0.15, 0.2) is 0 Å². The van der Waals surface area contributed by atoms with Gasteiger partial charge in [-0.15, -0.1) is 0 Å². The fraction of sp³-hybridized carbons (Fsp3) is 0.686. The molecule has 9 nitrogen and oxygen atoms in total. The molecule has 2 aromatic rings. The first kappa shape index (κ1) is 30.8. The van der Waals surface area contributed by atoms with Gasteiger partial charge in [-0.25, -0.2) is 9.97 Å². The van der Waals surface area contributed by atoms with Crippen LogP contribution in [0, 0.1) is 23.2 Å². The second-order valence-electron chi connectivity index (χ2n) is 14.2. The van der Waals surface area contributed by atoms with E-state index in [2.05, 4.69) is 6.92 Å². The van der Waals surface area contributed by atoms with Crippen molar-refractivity contribution in [2.24, 2.45) is 23.2 Å². The van der Waals surface area contributed by atoms with Crippen LogP contribution in [0.1, 0.15) is 97.1 Å². The Kier molecular flexibility index (Phi) is 8.59. The Labute approximate surface area is 260 Å². The van der Waals surface area contributed by atoms with Crippen LogP contribution in [0.5, 0.6) is 11.6 Å². The highest BCUT2D eigenvalue weighted by Crippen LogP contribution is 2.51. The van der Waals surface area contributed by atoms with Crippen molar-refractivity contribution in [3.63, 3.8) is 0 Å². The molecule has 238 valence electrons. The second kappa shape index (κ2) is 12.3. The lowest BCUT2D eigenvalue weighted by Gasteiger charge is -2.41. The van der Waals surface area contributed by atoms with E-state index in [1.165, 1.54) is 0 Å². The Morgan fingerprint density at radius 1 is 1.02 bits per heavy atom. The third kappa shape index (κ3) is 6.03. The van der Waals surface area contributed by atoms with Crippen molar-refractivity contribution in [3.8, 4) is 11.6 Å². The number of aromatic nitrogens is 2. The van der Waals surface area contributed by atoms with Crippen molar-refractivity contribution >= 4 is 29.2 Å². The summed E-state index contributed by atoms with van der Waals surface area (Å²) in [5.41, 5.74) is 1.46. The molecule has 2 aliphatic heterocycles. The van der Waals surface area contributed by atoms with Crippen molar-refractivity contribution in [3.05, 3.63) is 23.9 Å². The molecule has 0 spiro atoms. The van der Waals surface area contributed by atoms with Crippen LogP contribution in [0.3, 0.4) is 0 Å². The lowest BCUT2D eigenvalue weighted by molar-refractivity contribution is -0.159. The molecule has 2 saturated carbocycles. The normalized spacial score (nSPS) is 32.8. The first-order valence-corrected chi connectivity index (χ1v) is 16.6. The van der Waals surface area contributed by atoms with Gasteiger partial charge in [0, 0.05) is 17.9 Å². The Morgan fingerprint density at radius 3 is 2.55 bits per heavy atom. The smallest absolute Gasteiger partial charge is 0.307 e. The molecule has 6 atom stereocenters. The van der Waals surface area contributed by atoms with Gasteiger partial charge >= 0.3 is 5.97 Å². The monoisotopic (exact) mass is 605 g/mol. The van der Waals surface area contributed by atoms with Crippen LogP contribution in [-0.4, -0.2) is 64.4 Å². The number of amides is 1. The van der Waals surface area contributed by atoms with E-state index in [1.54, 1.807) is 12.0 Å². The van der Waals surface area contributed by atoms with Crippen molar-refractivity contribution in [2.45, 2.75) is 116 Å². The number of fused-ring (bicyclic) bond motifs is 5. The highest BCUT2D eigenvalue weighted by Gasteiger charge is 2.54. The zero-order chi connectivity index (χ0) is 31.1. The van der Waals surface area contributed by atoms with E-state index in [0.29, 0.717) is 29.5 Å². The van der Waals surface area contributed by atoms with Crippen molar-refractivity contribution < 1.29 is 28.6 Å². The number of benzene rings is 1. The van der Waals surface area contributed by atoms with E-state index in [1.807, 2.05) is 32.0 Å². The molecule has 0 N–H and O–H groups in total. The molecule has 4 aliphatic rings. The van der Waals surface area contributed by atoms with Gasteiger partial charge in [0.2, 0.25) is 11.8 Å². The minimum Gasteiger partial charge on any atom is -0.497 e. The maximum absolute atomic E-state index is 14.5. The number of aldehydes is 1. The summed E-state index contributed by atoms with van der Waals surface area (Å²) in [6, 6.07) is 4.99. The number of carbonyl (C=O) groups is 3. The Balaban J connectivity index is 1.35. The molecule has 2 bridgehead atoms. The molecule has 1 saturated heterocycles. The van der Waals surface area contributed by atoms with Crippen molar-refractivity contribution in [1.29, 1.82) is 0 Å². The summed E-state index contributed by atoms with van der Waals surface area (Å²) < 4.78 is 18.1. The number of hydrogen-bond acceptors (Lipinski definition) is 8.